The van der Waals surface area contributed by atoms with Crippen LogP contribution in [-0.4, -0.2) is 30.2 Å². The summed E-state index contributed by atoms with van der Waals surface area (Å²) in [6.07, 6.45) is 0. The molecule has 3 heteroatoms. The molecule has 13 heavy (non-hydrogen) atoms. The largest absolute Gasteiger partial charge is 0.507 e. The van der Waals surface area contributed by atoms with Gasteiger partial charge in [0.15, 0.2) is 0 Å². The molecule has 0 unspecified atom stereocenters. The molecular formula is C10H13NO2. The van der Waals surface area contributed by atoms with Crippen molar-refractivity contribution < 1.29 is 9.84 Å². The van der Waals surface area contributed by atoms with E-state index >= 15 is 0 Å². The van der Waals surface area contributed by atoms with Gasteiger partial charge in [-0.1, -0.05) is 6.07 Å². The molecule has 1 aliphatic rings. The smallest absolute Gasteiger partial charge is 0.127 e. The Morgan fingerprint density at radius 3 is 3.15 bits per heavy atom. The van der Waals surface area contributed by atoms with Gasteiger partial charge < -0.3 is 9.84 Å². The fourth-order valence-corrected chi connectivity index (χ4v) is 1.51. The molecule has 3 nitrogen and oxygen atoms in total. The molecule has 1 heterocycles. The van der Waals surface area contributed by atoms with Crippen LogP contribution in [0.4, 0.5) is 0 Å². The number of phenolic OH excluding ortho intramolecular Hbond substituents is 1. The van der Waals surface area contributed by atoms with E-state index in [1.54, 1.807) is 12.1 Å². The average Bonchev–Trinajstić information content (AvgIpc) is 2.28. The summed E-state index contributed by atoms with van der Waals surface area (Å²) < 4.78 is 5.50. The summed E-state index contributed by atoms with van der Waals surface area (Å²) in [4.78, 5) is 2.13. The van der Waals surface area contributed by atoms with E-state index in [1.165, 1.54) is 0 Å². The number of hydrogen-bond acceptors (Lipinski definition) is 3. The topological polar surface area (TPSA) is 32.7 Å². The van der Waals surface area contributed by atoms with Crippen molar-refractivity contribution in [1.29, 1.82) is 0 Å². The fraction of sp³-hybridized carbons (Fsp3) is 0.400. The SMILES string of the molecule is CN1CCOc2cccc(O)c2C1. The van der Waals surface area contributed by atoms with Crippen LogP contribution >= 0.6 is 0 Å². The Morgan fingerprint density at radius 1 is 1.46 bits per heavy atom. The summed E-state index contributed by atoms with van der Waals surface area (Å²) >= 11 is 0. The van der Waals surface area contributed by atoms with Crippen LogP contribution in [-0.2, 0) is 6.54 Å². The van der Waals surface area contributed by atoms with Crippen molar-refractivity contribution >= 4 is 0 Å². The van der Waals surface area contributed by atoms with E-state index in [4.69, 9.17) is 4.74 Å². The molecule has 0 atom stereocenters. The Labute approximate surface area is 77.6 Å². The first-order valence-electron chi connectivity index (χ1n) is 4.39. The van der Waals surface area contributed by atoms with E-state index in [1.807, 2.05) is 13.1 Å². The van der Waals surface area contributed by atoms with Crippen molar-refractivity contribution in [2.45, 2.75) is 6.54 Å². The fourth-order valence-electron chi connectivity index (χ4n) is 1.51. The van der Waals surface area contributed by atoms with Crippen molar-refractivity contribution in [3.05, 3.63) is 23.8 Å². The normalized spacial score (nSPS) is 17.3. The third-order valence-electron chi connectivity index (χ3n) is 2.27. The van der Waals surface area contributed by atoms with Crippen LogP contribution in [0.25, 0.3) is 0 Å². The summed E-state index contributed by atoms with van der Waals surface area (Å²) in [7, 11) is 2.02. The predicted molar refractivity (Wildman–Crippen MR) is 49.9 cm³/mol. The van der Waals surface area contributed by atoms with Crippen molar-refractivity contribution in [3.63, 3.8) is 0 Å². The average molecular weight is 179 g/mol. The molecule has 0 saturated heterocycles. The Kier molecular flexibility index (Phi) is 2.10. The first-order chi connectivity index (χ1) is 6.27. The lowest BCUT2D eigenvalue weighted by atomic mass is 10.1. The molecule has 70 valence electrons. The molecule has 0 spiro atoms. The molecule has 0 bridgehead atoms. The Morgan fingerprint density at radius 2 is 2.31 bits per heavy atom. The Balaban J connectivity index is 2.40. The summed E-state index contributed by atoms with van der Waals surface area (Å²) in [5, 5.41) is 9.59. The number of aromatic hydroxyl groups is 1. The first kappa shape index (κ1) is 8.38. The second-order valence-corrected chi connectivity index (χ2v) is 3.34. The third-order valence-corrected chi connectivity index (χ3v) is 2.27. The van der Waals surface area contributed by atoms with Gasteiger partial charge in [-0.05, 0) is 19.2 Å². The highest BCUT2D eigenvalue weighted by Crippen LogP contribution is 2.29. The van der Waals surface area contributed by atoms with Crippen LogP contribution in [0.1, 0.15) is 5.56 Å². The van der Waals surface area contributed by atoms with Crippen LogP contribution in [0.5, 0.6) is 11.5 Å². The predicted octanol–water partition coefficient (Wildman–Crippen LogP) is 1.22. The molecule has 1 N–H and O–H groups in total. The summed E-state index contributed by atoms with van der Waals surface area (Å²) in [6, 6.07) is 5.40. The van der Waals surface area contributed by atoms with Gasteiger partial charge in [0, 0.05) is 18.7 Å². The second kappa shape index (κ2) is 3.26. The molecule has 0 aromatic heterocycles. The van der Waals surface area contributed by atoms with Crippen LogP contribution in [0, 0.1) is 0 Å². The summed E-state index contributed by atoms with van der Waals surface area (Å²) in [5.74, 6) is 1.13. The maximum atomic E-state index is 9.59. The van der Waals surface area contributed by atoms with Gasteiger partial charge in [0.2, 0.25) is 0 Å². The standard InChI is InChI=1S/C10H13NO2/c1-11-5-6-13-10-4-2-3-9(12)8(10)7-11/h2-4,12H,5-7H2,1H3. The molecule has 2 rings (SSSR count). The van der Waals surface area contributed by atoms with E-state index in [2.05, 4.69) is 4.90 Å². The van der Waals surface area contributed by atoms with Gasteiger partial charge in [0.1, 0.15) is 18.1 Å². The molecule has 0 amide bonds. The summed E-state index contributed by atoms with van der Waals surface area (Å²) in [6.45, 7) is 2.34. The van der Waals surface area contributed by atoms with Gasteiger partial charge in [-0.2, -0.15) is 0 Å². The molecule has 0 radical (unpaired) electrons. The van der Waals surface area contributed by atoms with E-state index in [0.717, 1.165) is 24.4 Å². The number of fused-ring (bicyclic) bond motifs is 1. The van der Waals surface area contributed by atoms with Crippen LogP contribution < -0.4 is 4.74 Å². The molecule has 1 aromatic carbocycles. The van der Waals surface area contributed by atoms with Gasteiger partial charge in [-0.3, -0.25) is 4.90 Å². The van der Waals surface area contributed by atoms with E-state index in [9.17, 15) is 5.11 Å². The zero-order chi connectivity index (χ0) is 9.26. The van der Waals surface area contributed by atoms with Crippen LogP contribution in [0.15, 0.2) is 18.2 Å². The number of ether oxygens (including phenoxy) is 1. The van der Waals surface area contributed by atoms with Crippen LogP contribution in [0.3, 0.4) is 0 Å². The van der Waals surface area contributed by atoms with E-state index in [-0.39, 0.29) is 0 Å². The van der Waals surface area contributed by atoms with Gasteiger partial charge >= 0.3 is 0 Å². The minimum atomic E-state index is 0.325. The monoisotopic (exact) mass is 179 g/mol. The highest BCUT2D eigenvalue weighted by molar-refractivity contribution is 5.44. The summed E-state index contributed by atoms with van der Waals surface area (Å²) in [5.41, 5.74) is 0.891. The maximum absolute atomic E-state index is 9.59. The van der Waals surface area contributed by atoms with Gasteiger partial charge in [-0.15, -0.1) is 0 Å². The number of hydrogen-bond donors (Lipinski definition) is 1. The van der Waals surface area contributed by atoms with Gasteiger partial charge in [-0.25, -0.2) is 0 Å². The zero-order valence-corrected chi connectivity index (χ0v) is 7.66. The van der Waals surface area contributed by atoms with Crippen molar-refractivity contribution in [2.75, 3.05) is 20.2 Å². The maximum Gasteiger partial charge on any atom is 0.127 e. The molecular weight excluding hydrogens is 166 g/mol. The number of rotatable bonds is 0. The third kappa shape index (κ3) is 1.60. The number of nitrogens with zero attached hydrogens (tertiary/aromatic N) is 1. The van der Waals surface area contributed by atoms with Crippen molar-refractivity contribution in [2.24, 2.45) is 0 Å². The molecule has 1 aromatic rings. The number of likely N-dealkylation sites (N-methyl/N-ethyl adjacent to an activating group) is 1. The quantitative estimate of drug-likeness (QED) is 0.650. The molecule has 0 aliphatic carbocycles. The molecule has 1 aliphatic heterocycles. The molecule has 0 fully saturated rings. The van der Waals surface area contributed by atoms with Gasteiger partial charge in [0.05, 0.1) is 0 Å². The first-order valence-corrected chi connectivity index (χ1v) is 4.39. The molecule has 0 saturated carbocycles. The minimum Gasteiger partial charge on any atom is -0.507 e. The van der Waals surface area contributed by atoms with Crippen LogP contribution in [0.2, 0.25) is 0 Å². The minimum absolute atomic E-state index is 0.325. The lowest BCUT2D eigenvalue weighted by Crippen LogP contribution is -2.20. The van der Waals surface area contributed by atoms with Crippen molar-refractivity contribution in [3.8, 4) is 11.5 Å². The second-order valence-electron chi connectivity index (χ2n) is 3.34. The Bertz CT molecular complexity index is 312. The van der Waals surface area contributed by atoms with Crippen molar-refractivity contribution in [1.82, 2.24) is 4.90 Å². The zero-order valence-electron chi connectivity index (χ0n) is 7.66. The van der Waals surface area contributed by atoms with E-state index in [0.29, 0.717) is 12.4 Å². The van der Waals surface area contributed by atoms with E-state index < -0.39 is 0 Å². The van der Waals surface area contributed by atoms with Gasteiger partial charge in [0.25, 0.3) is 0 Å². The number of phenols is 1. The Hall–Kier alpha value is -1.22. The lowest BCUT2D eigenvalue weighted by molar-refractivity contribution is 0.258. The highest BCUT2D eigenvalue weighted by Gasteiger charge is 2.14. The highest BCUT2D eigenvalue weighted by atomic mass is 16.5. The lowest BCUT2D eigenvalue weighted by Gasteiger charge is -2.12. The number of benzene rings is 1.